The Morgan fingerprint density at radius 1 is 0.793 bits per heavy atom. The predicted octanol–water partition coefficient (Wildman–Crippen LogP) is 1.24. The molecule has 0 bridgehead atoms. The van der Waals surface area contributed by atoms with Crippen LogP contribution >= 0.6 is 0 Å². The first-order valence-corrected chi connectivity index (χ1v) is 9.97. The van der Waals surface area contributed by atoms with Crippen LogP contribution in [0.15, 0.2) is 91.0 Å². The molecule has 1 N–H and O–H groups in total. The second-order valence-electron chi connectivity index (χ2n) is 7.04. The van der Waals surface area contributed by atoms with Crippen molar-refractivity contribution >= 4 is 0 Å². The van der Waals surface area contributed by atoms with Crippen LogP contribution < -0.4 is 17.3 Å². The number of quaternary nitrogens is 1. The van der Waals surface area contributed by atoms with Crippen LogP contribution in [0.5, 0.6) is 0 Å². The molecule has 0 amide bonds. The van der Waals surface area contributed by atoms with Crippen LogP contribution in [0, 0.1) is 0 Å². The van der Waals surface area contributed by atoms with Gasteiger partial charge in [-0.1, -0.05) is 91.0 Å². The smallest absolute Gasteiger partial charge is 0.139 e. The van der Waals surface area contributed by atoms with Crippen molar-refractivity contribution in [1.29, 1.82) is 0 Å². The normalized spacial score (nSPS) is 12.9. The van der Waals surface area contributed by atoms with E-state index in [0.29, 0.717) is 13.2 Å². The van der Waals surface area contributed by atoms with Gasteiger partial charge < -0.3 is 22.0 Å². The van der Waals surface area contributed by atoms with Crippen molar-refractivity contribution in [2.45, 2.75) is 25.7 Å². The number of likely N-dealkylation sites (N-methyl/N-ethyl adjacent to an activating group) is 1. The summed E-state index contributed by atoms with van der Waals surface area (Å²) in [5.41, 5.74) is 3.55. The van der Waals surface area contributed by atoms with Gasteiger partial charge in [-0.25, -0.2) is 4.39 Å². The second-order valence-corrected chi connectivity index (χ2v) is 7.04. The molecular weight excluding hydrogens is 385 g/mol. The Kier molecular flexibility index (Phi) is 9.85. The van der Waals surface area contributed by atoms with Gasteiger partial charge >= 0.3 is 0 Å². The minimum absolute atomic E-state index is 0. The number of alkyl halides is 1. The van der Waals surface area contributed by atoms with Crippen LogP contribution in [0.25, 0.3) is 0 Å². The Morgan fingerprint density at radius 2 is 1.28 bits per heavy atom. The van der Waals surface area contributed by atoms with Gasteiger partial charge in [-0.15, -0.1) is 0 Å². The zero-order valence-corrected chi connectivity index (χ0v) is 17.6. The minimum Gasteiger partial charge on any atom is -1.00 e. The molecule has 3 rings (SSSR count). The summed E-state index contributed by atoms with van der Waals surface area (Å²) in [6.07, 6.45) is -0.426. The summed E-state index contributed by atoms with van der Waals surface area (Å²) < 4.78 is 19.7. The minimum atomic E-state index is -0.480. The molecule has 0 radical (unpaired) electrons. The van der Waals surface area contributed by atoms with E-state index < -0.39 is 12.8 Å². The van der Waals surface area contributed by atoms with Crippen LogP contribution in [0.1, 0.15) is 29.7 Å². The van der Waals surface area contributed by atoms with Crippen molar-refractivity contribution in [3.63, 3.8) is 0 Å². The van der Waals surface area contributed by atoms with Crippen molar-refractivity contribution in [3.05, 3.63) is 108 Å². The maximum Gasteiger partial charge on any atom is 0.139 e. The molecule has 0 saturated heterocycles. The SMILES string of the molecule is CC[NH+](C[C@@H](CF)OCc1ccccc1)C(c1ccccc1)c1ccccc1.[Cl-]. The molecule has 0 aliphatic carbocycles. The molecule has 0 fully saturated rings. The Morgan fingerprint density at radius 3 is 1.72 bits per heavy atom. The van der Waals surface area contributed by atoms with E-state index in [2.05, 4.69) is 55.5 Å². The summed E-state index contributed by atoms with van der Waals surface area (Å²) in [6, 6.07) is 31.1. The van der Waals surface area contributed by atoms with E-state index >= 15 is 0 Å². The third-order valence-electron chi connectivity index (χ3n) is 5.12. The molecule has 0 saturated carbocycles. The number of ether oxygens (including phenoxy) is 1. The Bertz CT molecular complexity index is 761. The van der Waals surface area contributed by atoms with Gasteiger partial charge in [-0.2, -0.15) is 0 Å². The van der Waals surface area contributed by atoms with Gasteiger partial charge in [-0.05, 0) is 12.5 Å². The number of hydrogen-bond donors (Lipinski definition) is 1. The molecule has 0 aromatic heterocycles. The standard InChI is InChI=1S/C25H28FNO.ClH/c1-2-27(19-24(18-26)28-20-21-12-6-3-7-13-21)25(22-14-8-4-9-15-22)23-16-10-5-11-17-23;/h3-17,24-25H,2,18-20H2,1H3;1H/t24-;/m1./s1. The maximum absolute atomic E-state index is 13.8. The molecule has 4 heteroatoms. The van der Waals surface area contributed by atoms with Crippen molar-refractivity contribution in [2.75, 3.05) is 19.8 Å². The fourth-order valence-corrected chi connectivity index (χ4v) is 3.66. The molecule has 0 spiro atoms. The quantitative estimate of drug-likeness (QED) is 0.528. The summed E-state index contributed by atoms with van der Waals surface area (Å²) in [6.45, 7) is 3.62. The van der Waals surface area contributed by atoms with Gasteiger partial charge in [0.25, 0.3) is 0 Å². The highest BCUT2D eigenvalue weighted by molar-refractivity contribution is 5.29. The molecule has 1 unspecified atom stereocenters. The fourth-order valence-electron chi connectivity index (χ4n) is 3.66. The summed E-state index contributed by atoms with van der Waals surface area (Å²) in [4.78, 5) is 1.30. The van der Waals surface area contributed by atoms with Crippen molar-refractivity contribution < 1.29 is 26.4 Å². The van der Waals surface area contributed by atoms with Crippen molar-refractivity contribution in [3.8, 4) is 0 Å². The highest BCUT2D eigenvalue weighted by atomic mass is 35.5. The van der Waals surface area contributed by atoms with E-state index in [4.69, 9.17) is 4.74 Å². The molecule has 3 aromatic rings. The van der Waals surface area contributed by atoms with E-state index in [0.717, 1.165) is 12.1 Å². The number of benzene rings is 3. The van der Waals surface area contributed by atoms with Crippen molar-refractivity contribution in [2.24, 2.45) is 0 Å². The zero-order chi connectivity index (χ0) is 19.6. The van der Waals surface area contributed by atoms with Crippen LogP contribution in [0.4, 0.5) is 4.39 Å². The third kappa shape index (κ3) is 6.67. The lowest BCUT2D eigenvalue weighted by atomic mass is 9.96. The Labute approximate surface area is 179 Å². The molecular formula is C25H29ClFNO. The lowest BCUT2D eigenvalue weighted by Gasteiger charge is -2.31. The molecule has 2 atom stereocenters. The van der Waals surface area contributed by atoms with Crippen molar-refractivity contribution in [1.82, 2.24) is 0 Å². The largest absolute Gasteiger partial charge is 1.00 e. The Hall–Kier alpha value is -2.20. The van der Waals surface area contributed by atoms with E-state index in [1.807, 2.05) is 42.5 Å². The summed E-state index contributed by atoms with van der Waals surface area (Å²) in [5.74, 6) is 0. The van der Waals surface area contributed by atoms with Gasteiger partial charge in [0, 0.05) is 11.1 Å². The number of rotatable bonds is 10. The van der Waals surface area contributed by atoms with E-state index in [1.165, 1.54) is 16.0 Å². The van der Waals surface area contributed by atoms with Crippen LogP contribution in [0.2, 0.25) is 0 Å². The highest BCUT2D eigenvalue weighted by Gasteiger charge is 2.28. The molecule has 29 heavy (non-hydrogen) atoms. The van der Waals surface area contributed by atoms with E-state index in [1.54, 1.807) is 0 Å². The number of halogens is 2. The topological polar surface area (TPSA) is 13.7 Å². The molecule has 2 nitrogen and oxygen atoms in total. The van der Waals surface area contributed by atoms with Gasteiger partial charge in [-0.3, -0.25) is 0 Å². The molecule has 3 aromatic carbocycles. The third-order valence-corrected chi connectivity index (χ3v) is 5.12. The lowest BCUT2D eigenvalue weighted by molar-refractivity contribution is -0.927. The monoisotopic (exact) mass is 413 g/mol. The highest BCUT2D eigenvalue weighted by Crippen LogP contribution is 2.19. The van der Waals surface area contributed by atoms with E-state index in [9.17, 15) is 4.39 Å². The fraction of sp³-hybridized carbons (Fsp3) is 0.280. The first-order valence-electron chi connectivity index (χ1n) is 9.97. The average molecular weight is 414 g/mol. The molecule has 0 heterocycles. The maximum atomic E-state index is 13.8. The lowest BCUT2D eigenvalue weighted by Crippen LogP contribution is -3.13. The van der Waals surface area contributed by atoms with Gasteiger partial charge in [0.2, 0.25) is 0 Å². The number of nitrogens with one attached hydrogen (secondary N) is 1. The Balaban J connectivity index is 0.00000300. The zero-order valence-electron chi connectivity index (χ0n) is 16.8. The molecule has 0 aliphatic rings. The van der Waals surface area contributed by atoms with E-state index in [-0.39, 0.29) is 18.4 Å². The van der Waals surface area contributed by atoms with Crippen LogP contribution in [-0.2, 0) is 11.3 Å². The van der Waals surface area contributed by atoms with Gasteiger partial charge in [0.05, 0.1) is 13.2 Å². The predicted molar refractivity (Wildman–Crippen MR) is 112 cm³/mol. The first kappa shape index (κ1) is 23.1. The number of hydrogen-bond acceptors (Lipinski definition) is 1. The first-order chi connectivity index (χ1) is 13.8. The van der Waals surface area contributed by atoms with Gasteiger partial charge in [0.1, 0.15) is 25.4 Å². The summed E-state index contributed by atoms with van der Waals surface area (Å²) >= 11 is 0. The summed E-state index contributed by atoms with van der Waals surface area (Å²) in [7, 11) is 0. The second kappa shape index (κ2) is 12.4. The van der Waals surface area contributed by atoms with Crippen LogP contribution in [0.3, 0.4) is 0 Å². The van der Waals surface area contributed by atoms with Crippen LogP contribution in [-0.4, -0.2) is 25.9 Å². The summed E-state index contributed by atoms with van der Waals surface area (Å²) in [5, 5.41) is 0. The average Bonchev–Trinajstić information content (AvgIpc) is 2.78. The molecule has 154 valence electrons. The van der Waals surface area contributed by atoms with Gasteiger partial charge in [0.15, 0.2) is 0 Å². The molecule has 0 aliphatic heterocycles.